The van der Waals surface area contributed by atoms with Crippen molar-refractivity contribution in [2.75, 3.05) is 20.2 Å². The third-order valence-corrected chi connectivity index (χ3v) is 5.41. The number of likely N-dealkylation sites (tertiary alicyclic amines) is 1. The number of rotatable bonds is 3. The normalized spacial score (nSPS) is 20.2. The maximum absolute atomic E-state index is 12.7. The third kappa shape index (κ3) is 3.22. The molecule has 1 fully saturated rings. The van der Waals surface area contributed by atoms with E-state index in [1.54, 1.807) is 36.3 Å². The molecule has 1 aromatic carbocycles. The summed E-state index contributed by atoms with van der Waals surface area (Å²) >= 11 is 6.03. The van der Waals surface area contributed by atoms with Gasteiger partial charge in [-0.2, -0.15) is 5.26 Å². The van der Waals surface area contributed by atoms with Gasteiger partial charge in [-0.3, -0.25) is 9.59 Å². The quantitative estimate of drug-likeness (QED) is 0.817. The monoisotopic (exact) mass is 372 g/mol. The SMILES string of the molecule is COc1ccc(Cl)cc1CC(=O)N1CC2(C=C(C#N)C(=O)C(C)(C)C2)C1. The van der Waals surface area contributed by atoms with Gasteiger partial charge in [-0.15, -0.1) is 0 Å². The van der Waals surface area contributed by atoms with E-state index < -0.39 is 5.41 Å². The molecular formula is C20H21ClN2O3. The molecule has 5 nitrogen and oxygen atoms in total. The number of nitrogens with zero attached hydrogens (tertiary/aromatic N) is 2. The molecule has 0 aromatic heterocycles. The van der Waals surface area contributed by atoms with Crippen molar-refractivity contribution in [2.24, 2.45) is 10.8 Å². The van der Waals surface area contributed by atoms with Crippen LogP contribution in [0.5, 0.6) is 5.75 Å². The maximum atomic E-state index is 12.7. The Morgan fingerprint density at radius 3 is 2.69 bits per heavy atom. The Hall–Kier alpha value is -2.32. The van der Waals surface area contributed by atoms with Crippen LogP contribution in [0.15, 0.2) is 29.8 Å². The lowest BCUT2D eigenvalue weighted by Crippen LogP contribution is -2.61. The summed E-state index contributed by atoms with van der Waals surface area (Å²) in [6, 6.07) is 7.23. The van der Waals surface area contributed by atoms with Crippen LogP contribution < -0.4 is 4.74 Å². The van der Waals surface area contributed by atoms with Gasteiger partial charge in [0, 0.05) is 34.5 Å². The van der Waals surface area contributed by atoms with Crippen molar-refractivity contribution < 1.29 is 14.3 Å². The van der Waals surface area contributed by atoms with E-state index >= 15 is 0 Å². The molecule has 136 valence electrons. The van der Waals surface area contributed by atoms with E-state index in [0.717, 1.165) is 5.56 Å². The highest BCUT2D eigenvalue weighted by Crippen LogP contribution is 2.48. The first-order valence-electron chi connectivity index (χ1n) is 8.48. The number of benzene rings is 1. The van der Waals surface area contributed by atoms with Crippen molar-refractivity contribution in [1.82, 2.24) is 4.90 Å². The van der Waals surface area contributed by atoms with Crippen LogP contribution in [-0.4, -0.2) is 36.8 Å². The van der Waals surface area contributed by atoms with E-state index in [0.29, 0.717) is 30.3 Å². The topological polar surface area (TPSA) is 70.4 Å². The Morgan fingerprint density at radius 1 is 1.38 bits per heavy atom. The second-order valence-electron chi connectivity index (χ2n) is 7.80. The molecule has 1 heterocycles. The number of Topliss-reactive ketones (excluding diaryl/α,β-unsaturated/α-hetero) is 1. The molecule has 1 amide bonds. The van der Waals surface area contributed by atoms with E-state index in [4.69, 9.17) is 16.3 Å². The fourth-order valence-electron chi connectivity index (χ4n) is 4.08. The summed E-state index contributed by atoms with van der Waals surface area (Å²) < 4.78 is 5.30. The Labute approximate surface area is 158 Å². The molecule has 6 heteroatoms. The molecule has 1 aliphatic carbocycles. The van der Waals surface area contributed by atoms with E-state index in [9.17, 15) is 14.9 Å². The van der Waals surface area contributed by atoms with E-state index in [-0.39, 0.29) is 29.1 Å². The van der Waals surface area contributed by atoms with Gasteiger partial charge in [-0.25, -0.2) is 0 Å². The van der Waals surface area contributed by atoms with Crippen molar-refractivity contribution >= 4 is 23.3 Å². The van der Waals surface area contributed by atoms with E-state index in [2.05, 4.69) is 0 Å². The molecular weight excluding hydrogens is 352 g/mol. The zero-order valence-corrected chi connectivity index (χ0v) is 15.9. The number of amides is 1. The lowest BCUT2D eigenvalue weighted by Gasteiger charge is -2.53. The van der Waals surface area contributed by atoms with Gasteiger partial charge >= 0.3 is 0 Å². The molecule has 0 saturated carbocycles. The van der Waals surface area contributed by atoms with Crippen molar-refractivity contribution in [2.45, 2.75) is 26.7 Å². The van der Waals surface area contributed by atoms with Gasteiger partial charge in [0.05, 0.1) is 19.1 Å². The summed E-state index contributed by atoms with van der Waals surface area (Å²) in [6.45, 7) is 4.78. The molecule has 1 saturated heterocycles. The average molecular weight is 373 g/mol. The summed E-state index contributed by atoms with van der Waals surface area (Å²) in [5.41, 5.74) is 0.102. The summed E-state index contributed by atoms with van der Waals surface area (Å²) in [6.07, 6.45) is 2.62. The van der Waals surface area contributed by atoms with Crippen molar-refractivity contribution in [1.29, 1.82) is 5.26 Å². The van der Waals surface area contributed by atoms with E-state index in [1.807, 2.05) is 19.9 Å². The molecule has 0 radical (unpaired) electrons. The van der Waals surface area contributed by atoms with Gasteiger partial charge in [0.25, 0.3) is 0 Å². The molecule has 1 spiro atoms. The van der Waals surface area contributed by atoms with Gasteiger partial charge in [0.15, 0.2) is 5.78 Å². The number of ether oxygens (including phenoxy) is 1. The smallest absolute Gasteiger partial charge is 0.227 e. The fourth-order valence-corrected chi connectivity index (χ4v) is 4.28. The standard InChI is InChI=1S/C20H21ClN2O3/c1-19(2)10-20(8-14(9-22)18(19)25)11-23(12-20)17(24)7-13-6-15(21)4-5-16(13)26-3/h4-6,8H,7,10-12H2,1-3H3. The minimum atomic E-state index is -0.578. The Bertz CT molecular complexity index is 845. The second-order valence-corrected chi connectivity index (χ2v) is 8.24. The Balaban J connectivity index is 1.73. The number of halogens is 1. The predicted octanol–water partition coefficient (Wildman–Crippen LogP) is 3.17. The number of carbonyl (C=O) groups is 2. The minimum absolute atomic E-state index is 0.0159. The summed E-state index contributed by atoms with van der Waals surface area (Å²) in [7, 11) is 1.56. The summed E-state index contributed by atoms with van der Waals surface area (Å²) in [5, 5.41) is 9.81. The van der Waals surface area contributed by atoms with Crippen LogP contribution in [0.4, 0.5) is 0 Å². The largest absolute Gasteiger partial charge is 0.496 e. The van der Waals surface area contributed by atoms with Crippen molar-refractivity contribution in [3.63, 3.8) is 0 Å². The van der Waals surface area contributed by atoms with Gasteiger partial charge < -0.3 is 9.64 Å². The lowest BCUT2D eigenvalue weighted by atomic mass is 9.61. The highest BCUT2D eigenvalue weighted by molar-refractivity contribution is 6.30. The molecule has 1 aliphatic heterocycles. The van der Waals surface area contributed by atoms with Crippen LogP contribution in [0.2, 0.25) is 5.02 Å². The van der Waals surface area contributed by atoms with Crippen molar-refractivity contribution in [3.05, 3.63) is 40.4 Å². The number of hydrogen-bond acceptors (Lipinski definition) is 4. The number of ketones is 1. The average Bonchev–Trinajstić information content (AvgIpc) is 2.55. The van der Waals surface area contributed by atoms with Gasteiger partial charge in [-0.1, -0.05) is 31.5 Å². The molecule has 0 unspecified atom stereocenters. The predicted molar refractivity (Wildman–Crippen MR) is 97.8 cm³/mol. The van der Waals surface area contributed by atoms with Crippen LogP contribution in [0.25, 0.3) is 0 Å². The third-order valence-electron chi connectivity index (χ3n) is 5.17. The van der Waals surface area contributed by atoms with Crippen LogP contribution >= 0.6 is 11.6 Å². The fraction of sp³-hybridized carbons (Fsp3) is 0.450. The summed E-state index contributed by atoms with van der Waals surface area (Å²) in [4.78, 5) is 26.7. The first kappa shape index (κ1) is 18.5. The van der Waals surface area contributed by atoms with Gasteiger partial charge in [0.1, 0.15) is 11.8 Å². The highest BCUT2D eigenvalue weighted by Gasteiger charge is 2.52. The molecule has 0 atom stereocenters. The molecule has 0 N–H and O–H groups in total. The zero-order valence-electron chi connectivity index (χ0n) is 15.1. The van der Waals surface area contributed by atoms with Gasteiger partial charge in [0.2, 0.25) is 5.91 Å². The lowest BCUT2D eigenvalue weighted by molar-refractivity contribution is -0.143. The second kappa shape index (κ2) is 6.44. The highest BCUT2D eigenvalue weighted by atomic mass is 35.5. The van der Waals surface area contributed by atoms with Crippen LogP contribution in [-0.2, 0) is 16.0 Å². The maximum Gasteiger partial charge on any atom is 0.227 e. The Morgan fingerprint density at radius 2 is 2.08 bits per heavy atom. The number of carbonyl (C=O) groups excluding carboxylic acids is 2. The molecule has 0 bridgehead atoms. The number of hydrogen-bond donors (Lipinski definition) is 0. The number of allylic oxidation sites excluding steroid dienone is 1. The van der Waals surface area contributed by atoms with Crippen LogP contribution in [0.1, 0.15) is 25.8 Å². The Kier molecular flexibility index (Phi) is 4.58. The van der Waals surface area contributed by atoms with Crippen LogP contribution in [0.3, 0.4) is 0 Å². The molecule has 1 aromatic rings. The molecule has 2 aliphatic rings. The minimum Gasteiger partial charge on any atom is -0.496 e. The summed E-state index contributed by atoms with van der Waals surface area (Å²) in [5.74, 6) is 0.505. The van der Waals surface area contributed by atoms with E-state index in [1.165, 1.54) is 0 Å². The van der Waals surface area contributed by atoms with Gasteiger partial charge in [-0.05, 0) is 24.6 Å². The molecule has 26 heavy (non-hydrogen) atoms. The van der Waals surface area contributed by atoms with Crippen LogP contribution in [0, 0.1) is 22.2 Å². The zero-order chi connectivity index (χ0) is 19.1. The first-order valence-corrected chi connectivity index (χ1v) is 8.85. The number of methoxy groups -OCH3 is 1. The molecule has 3 rings (SSSR count). The van der Waals surface area contributed by atoms with Crippen molar-refractivity contribution in [3.8, 4) is 11.8 Å². The first-order chi connectivity index (χ1) is 12.2. The number of nitriles is 1.